The molecule has 1 saturated heterocycles. The van der Waals surface area contributed by atoms with E-state index in [9.17, 15) is 5.21 Å². The average Bonchev–Trinajstić information content (AvgIpc) is 2.35. The summed E-state index contributed by atoms with van der Waals surface area (Å²) >= 11 is 0. The van der Waals surface area contributed by atoms with E-state index >= 15 is 0 Å². The van der Waals surface area contributed by atoms with E-state index < -0.39 is 0 Å². The topological polar surface area (TPSA) is 53.5 Å². The minimum atomic E-state index is 0.403. The first-order valence-corrected chi connectivity index (χ1v) is 4.31. The van der Waals surface area contributed by atoms with Gasteiger partial charge in [0.1, 0.15) is 0 Å². The lowest BCUT2D eigenvalue weighted by atomic mass is 10.0. The lowest BCUT2D eigenvalue weighted by Gasteiger charge is -2.14. The monoisotopic (exact) mass is 168 g/mol. The Morgan fingerprint density at radius 1 is 1.75 bits per heavy atom. The van der Waals surface area contributed by atoms with Gasteiger partial charge in [0, 0.05) is 18.0 Å². The molecule has 0 spiro atoms. The molecule has 0 bridgehead atoms. The summed E-state index contributed by atoms with van der Waals surface area (Å²) in [4.78, 5) is 0. The van der Waals surface area contributed by atoms with Gasteiger partial charge in [0.15, 0.2) is 0 Å². The largest absolute Gasteiger partial charge is 0.634 e. The number of hydrogen-bond acceptors (Lipinski definition) is 2. The van der Waals surface area contributed by atoms with Crippen molar-refractivity contribution in [2.45, 2.75) is 12.8 Å². The molecule has 3 heteroatoms. The zero-order chi connectivity index (χ0) is 8.97. The minimum absolute atomic E-state index is 0.403. The van der Waals surface area contributed by atoms with E-state index in [1.165, 1.54) is 0 Å². The van der Waals surface area contributed by atoms with Gasteiger partial charge in [-0.15, -0.1) is 0 Å². The second-order valence-electron chi connectivity index (χ2n) is 3.36. The van der Waals surface area contributed by atoms with Gasteiger partial charge in [-0.2, -0.15) is 0 Å². The van der Waals surface area contributed by atoms with Crippen LogP contribution in [0.2, 0.25) is 0 Å². The maximum absolute atomic E-state index is 10.9. The fraction of sp³-hybridized carbons (Fsp3) is 0.556. The van der Waals surface area contributed by atoms with Crippen molar-refractivity contribution in [2.75, 3.05) is 13.1 Å². The molecule has 0 aromatic heterocycles. The highest BCUT2D eigenvalue weighted by Gasteiger charge is 2.19. The van der Waals surface area contributed by atoms with Crippen molar-refractivity contribution in [3.8, 4) is 0 Å². The normalized spacial score (nSPS) is 29.8. The third-order valence-electron chi connectivity index (χ3n) is 2.15. The van der Waals surface area contributed by atoms with E-state index in [2.05, 4.69) is 6.58 Å². The fourth-order valence-electron chi connectivity index (χ4n) is 1.50. The quantitative estimate of drug-likeness (QED) is 0.453. The van der Waals surface area contributed by atoms with E-state index in [0.717, 1.165) is 25.9 Å². The van der Waals surface area contributed by atoms with Gasteiger partial charge >= 0.3 is 0 Å². The van der Waals surface area contributed by atoms with Crippen LogP contribution >= 0.6 is 0 Å². The van der Waals surface area contributed by atoms with Gasteiger partial charge < -0.3 is 16.0 Å². The molecule has 0 aromatic carbocycles. The number of rotatable bonds is 3. The van der Waals surface area contributed by atoms with Crippen molar-refractivity contribution < 1.29 is 5.06 Å². The molecule has 1 aliphatic heterocycles. The fourth-order valence-corrected chi connectivity index (χ4v) is 1.50. The molecule has 1 unspecified atom stereocenters. The van der Waals surface area contributed by atoms with E-state index in [1.807, 2.05) is 12.2 Å². The predicted molar refractivity (Wildman–Crippen MR) is 49.3 cm³/mol. The number of hydroxylamine groups is 2. The Labute approximate surface area is 73.1 Å². The van der Waals surface area contributed by atoms with Crippen LogP contribution in [0.25, 0.3) is 0 Å². The first-order chi connectivity index (χ1) is 5.68. The second-order valence-corrected chi connectivity index (χ2v) is 3.36. The lowest BCUT2D eigenvalue weighted by molar-refractivity contribution is -0.835. The van der Waals surface area contributed by atoms with Crippen LogP contribution in [0.1, 0.15) is 12.8 Å². The van der Waals surface area contributed by atoms with Crippen LogP contribution in [0.3, 0.4) is 0 Å². The molecular weight excluding hydrogens is 152 g/mol. The third kappa shape index (κ3) is 3.07. The average molecular weight is 168 g/mol. The summed E-state index contributed by atoms with van der Waals surface area (Å²) < 4.78 is 0. The number of hydrogen-bond donors (Lipinski definition) is 2. The molecular formula is C9H16N2O. The molecule has 3 N–H and O–H groups in total. The number of allylic oxidation sites excluding steroid dienone is 2. The molecule has 1 aliphatic rings. The summed E-state index contributed by atoms with van der Waals surface area (Å²) in [6, 6.07) is 0. The molecule has 0 radical (unpaired) electrons. The van der Waals surface area contributed by atoms with Crippen LogP contribution in [0.4, 0.5) is 0 Å². The summed E-state index contributed by atoms with van der Waals surface area (Å²) in [6.45, 7) is 5.08. The standard InChI is InChI=1S/C9H16N2O/c1-8(10)3-2-4-9-5-6-11(12)7-9/h2-3,9,11H,1,4-7,10H2/b3-2-/t9-/m0/s1. The Morgan fingerprint density at radius 2 is 2.50 bits per heavy atom. The minimum Gasteiger partial charge on any atom is -0.634 e. The summed E-state index contributed by atoms with van der Waals surface area (Å²) in [5.41, 5.74) is 5.94. The number of nitrogens with two attached hydrogens (primary N) is 1. The van der Waals surface area contributed by atoms with Crippen LogP contribution in [-0.2, 0) is 0 Å². The third-order valence-corrected chi connectivity index (χ3v) is 2.15. The van der Waals surface area contributed by atoms with Crippen molar-refractivity contribution in [1.82, 2.24) is 0 Å². The van der Waals surface area contributed by atoms with Gasteiger partial charge in [-0.05, 0) is 12.5 Å². The van der Waals surface area contributed by atoms with Crippen LogP contribution in [-0.4, -0.2) is 13.1 Å². The van der Waals surface area contributed by atoms with E-state index in [4.69, 9.17) is 5.73 Å². The first-order valence-electron chi connectivity index (χ1n) is 4.31. The van der Waals surface area contributed by atoms with E-state index in [0.29, 0.717) is 16.7 Å². The van der Waals surface area contributed by atoms with Gasteiger partial charge in [0.2, 0.25) is 0 Å². The van der Waals surface area contributed by atoms with Crippen molar-refractivity contribution in [2.24, 2.45) is 11.7 Å². The molecule has 0 aliphatic carbocycles. The summed E-state index contributed by atoms with van der Waals surface area (Å²) in [5.74, 6) is 0.549. The molecule has 2 atom stereocenters. The van der Waals surface area contributed by atoms with Crippen LogP contribution in [0, 0.1) is 11.1 Å². The van der Waals surface area contributed by atoms with Crippen molar-refractivity contribution in [1.29, 1.82) is 0 Å². The molecule has 0 amide bonds. The molecule has 3 nitrogen and oxygen atoms in total. The summed E-state index contributed by atoms with van der Waals surface area (Å²) in [5, 5.41) is 11.3. The van der Waals surface area contributed by atoms with Gasteiger partial charge in [0.05, 0.1) is 13.1 Å². The van der Waals surface area contributed by atoms with Gasteiger partial charge in [0.25, 0.3) is 0 Å². The molecule has 0 saturated carbocycles. The first kappa shape index (κ1) is 9.29. The van der Waals surface area contributed by atoms with Gasteiger partial charge in [-0.25, -0.2) is 0 Å². The highest BCUT2D eigenvalue weighted by molar-refractivity contribution is 5.09. The summed E-state index contributed by atoms with van der Waals surface area (Å²) in [6.07, 6.45) is 5.82. The van der Waals surface area contributed by atoms with Crippen molar-refractivity contribution in [3.63, 3.8) is 0 Å². The van der Waals surface area contributed by atoms with E-state index in [-0.39, 0.29) is 0 Å². The van der Waals surface area contributed by atoms with Crippen LogP contribution in [0.15, 0.2) is 24.4 Å². The molecule has 1 rings (SSSR count). The molecule has 0 aromatic rings. The highest BCUT2D eigenvalue weighted by atomic mass is 16.5. The van der Waals surface area contributed by atoms with Crippen LogP contribution < -0.4 is 10.8 Å². The number of quaternary nitrogens is 1. The Bertz CT molecular complexity index is 189. The molecule has 1 heterocycles. The second kappa shape index (κ2) is 4.28. The van der Waals surface area contributed by atoms with Gasteiger partial charge in [-0.3, -0.25) is 0 Å². The maximum atomic E-state index is 10.9. The van der Waals surface area contributed by atoms with Crippen LogP contribution in [0.5, 0.6) is 0 Å². The predicted octanol–water partition coefficient (Wildman–Crippen LogP) is -0.192. The Balaban J connectivity index is 2.20. The Hall–Kier alpha value is -0.800. The summed E-state index contributed by atoms with van der Waals surface area (Å²) in [7, 11) is 0. The van der Waals surface area contributed by atoms with Crippen molar-refractivity contribution >= 4 is 0 Å². The smallest absolute Gasteiger partial charge is 0.0802 e. The Kier molecular flexibility index (Phi) is 3.31. The van der Waals surface area contributed by atoms with Crippen molar-refractivity contribution in [3.05, 3.63) is 29.6 Å². The zero-order valence-electron chi connectivity index (χ0n) is 7.25. The SMILES string of the molecule is C=C(N)/C=C\C[C@H]1CC[NH+]([O-])C1. The lowest BCUT2D eigenvalue weighted by Crippen LogP contribution is -3.05. The zero-order valence-corrected chi connectivity index (χ0v) is 7.25. The molecule has 68 valence electrons. The number of nitrogens with one attached hydrogen (secondary N) is 1. The van der Waals surface area contributed by atoms with E-state index in [1.54, 1.807) is 0 Å². The highest BCUT2D eigenvalue weighted by Crippen LogP contribution is 2.09. The molecule has 12 heavy (non-hydrogen) atoms. The maximum Gasteiger partial charge on any atom is 0.0802 e. The van der Waals surface area contributed by atoms with Gasteiger partial charge in [-0.1, -0.05) is 12.7 Å². The molecule has 1 fully saturated rings. The Morgan fingerprint density at radius 3 is 3.00 bits per heavy atom.